The number of nitrogens with one attached hydrogen (secondary N) is 1. The van der Waals surface area contributed by atoms with Gasteiger partial charge < -0.3 is 5.32 Å². The third-order valence-corrected chi connectivity index (χ3v) is 4.25. The van der Waals surface area contributed by atoms with Crippen LogP contribution in [0.3, 0.4) is 0 Å². The summed E-state index contributed by atoms with van der Waals surface area (Å²) in [5, 5.41) is 3.17. The summed E-state index contributed by atoms with van der Waals surface area (Å²) in [6.07, 6.45) is -0.333. The Bertz CT molecular complexity index is 428. The number of nitrogens with zero attached hydrogens (tertiary/aromatic N) is 1. The summed E-state index contributed by atoms with van der Waals surface area (Å²) in [5.41, 5.74) is 1.89. The fourth-order valence-electron chi connectivity index (χ4n) is 3.17. The van der Waals surface area contributed by atoms with Crippen molar-refractivity contribution < 1.29 is 13.2 Å². The molecule has 5 heteroatoms. The van der Waals surface area contributed by atoms with Crippen molar-refractivity contribution in [1.29, 1.82) is 0 Å². The van der Waals surface area contributed by atoms with Crippen LogP contribution in [0.25, 0.3) is 0 Å². The van der Waals surface area contributed by atoms with Gasteiger partial charge in [-0.05, 0) is 50.8 Å². The molecule has 0 aliphatic heterocycles. The van der Waals surface area contributed by atoms with Crippen LogP contribution in [-0.2, 0) is 0 Å². The molecule has 0 saturated heterocycles. The summed E-state index contributed by atoms with van der Waals surface area (Å²) in [6.45, 7) is 1.90. The molecule has 0 spiro atoms. The Kier molecular flexibility index (Phi) is 4.68. The first kappa shape index (κ1) is 15.3. The lowest BCUT2D eigenvalue weighted by atomic mass is 9.76. The molecule has 0 bridgehead atoms. The van der Waals surface area contributed by atoms with Gasteiger partial charge in [0.1, 0.15) is 0 Å². The number of hydrogen-bond donors (Lipinski definition) is 1. The second-order valence-corrected chi connectivity index (χ2v) is 5.66. The second-order valence-electron chi connectivity index (χ2n) is 5.66. The summed E-state index contributed by atoms with van der Waals surface area (Å²) in [5.74, 6) is -1.14. The molecule has 1 aliphatic carbocycles. The molecule has 1 aliphatic rings. The zero-order chi connectivity index (χ0) is 14.8. The Hall–Kier alpha value is -1.10. The first-order valence-corrected chi connectivity index (χ1v) is 7.08. The van der Waals surface area contributed by atoms with Gasteiger partial charge in [0.25, 0.3) is 0 Å². The molecule has 3 atom stereocenters. The van der Waals surface area contributed by atoms with Crippen LogP contribution in [0.15, 0.2) is 18.3 Å². The van der Waals surface area contributed by atoms with Crippen LogP contribution in [0.4, 0.5) is 13.2 Å². The van der Waals surface area contributed by atoms with Gasteiger partial charge in [0.05, 0.1) is 5.92 Å². The van der Waals surface area contributed by atoms with E-state index in [-0.39, 0.29) is 24.8 Å². The van der Waals surface area contributed by atoms with Crippen LogP contribution < -0.4 is 5.32 Å². The van der Waals surface area contributed by atoms with Gasteiger partial charge in [0, 0.05) is 17.9 Å². The van der Waals surface area contributed by atoms with Gasteiger partial charge >= 0.3 is 6.18 Å². The summed E-state index contributed by atoms with van der Waals surface area (Å²) < 4.78 is 38.7. The van der Waals surface area contributed by atoms with Crippen molar-refractivity contribution in [2.24, 2.45) is 11.8 Å². The highest BCUT2D eigenvalue weighted by Crippen LogP contribution is 2.43. The third-order valence-electron chi connectivity index (χ3n) is 4.25. The van der Waals surface area contributed by atoms with Crippen molar-refractivity contribution in [3.63, 3.8) is 0 Å². The monoisotopic (exact) mass is 286 g/mol. The molecule has 112 valence electrons. The fourth-order valence-corrected chi connectivity index (χ4v) is 3.17. The molecule has 1 saturated carbocycles. The maximum absolute atomic E-state index is 12.9. The van der Waals surface area contributed by atoms with Crippen LogP contribution >= 0.6 is 0 Å². The molecule has 20 heavy (non-hydrogen) atoms. The van der Waals surface area contributed by atoms with Crippen molar-refractivity contribution in [2.75, 3.05) is 7.05 Å². The molecule has 2 rings (SSSR count). The molecule has 0 aromatic carbocycles. The molecule has 1 heterocycles. The number of pyridine rings is 1. The molecule has 1 N–H and O–H groups in total. The van der Waals surface area contributed by atoms with E-state index in [0.29, 0.717) is 6.42 Å². The smallest absolute Gasteiger partial charge is 0.313 e. The van der Waals surface area contributed by atoms with E-state index < -0.39 is 12.1 Å². The van der Waals surface area contributed by atoms with Crippen LogP contribution in [0.2, 0.25) is 0 Å². The fraction of sp³-hybridized carbons (Fsp3) is 0.667. The van der Waals surface area contributed by atoms with E-state index in [1.807, 2.05) is 26.1 Å². The van der Waals surface area contributed by atoms with Crippen LogP contribution in [0, 0.1) is 18.8 Å². The predicted molar refractivity (Wildman–Crippen MR) is 72.3 cm³/mol. The lowest BCUT2D eigenvalue weighted by Gasteiger charge is -2.35. The minimum Gasteiger partial charge on any atom is -0.313 e. The number of aryl methyl sites for hydroxylation is 1. The van der Waals surface area contributed by atoms with Crippen LogP contribution in [-0.4, -0.2) is 18.2 Å². The van der Waals surface area contributed by atoms with E-state index in [4.69, 9.17) is 0 Å². The van der Waals surface area contributed by atoms with Crippen molar-refractivity contribution >= 4 is 0 Å². The number of aromatic nitrogens is 1. The Balaban J connectivity index is 2.13. The normalized spacial score (nSPS) is 25.4. The van der Waals surface area contributed by atoms with Gasteiger partial charge in [0.2, 0.25) is 0 Å². The highest BCUT2D eigenvalue weighted by molar-refractivity contribution is 5.18. The quantitative estimate of drug-likeness (QED) is 0.907. The summed E-state index contributed by atoms with van der Waals surface area (Å²) in [7, 11) is 1.81. The first-order chi connectivity index (χ1) is 9.41. The van der Waals surface area contributed by atoms with E-state index >= 15 is 0 Å². The standard InChI is InChI=1S/C15H21F3N2/c1-10-6-7-12(9-20-10)14(19-2)11-4-3-5-13(8-11)15(16,17)18/h6-7,9,11,13-14,19H,3-5,8H2,1-2H3. The number of alkyl halides is 3. The first-order valence-electron chi connectivity index (χ1n) is 7.08. The molecule has 2 nitrogen and oxygen atoms in total. The van der Waals surface area contributed by atoms with E-state index in [0.717, 1.165) is 17.7 Å². The van der Waals surface area contributed by atoms with E-state index in [2.05, 4.69) is 10.3 Å². The number of rotatable bonds is 3. The number of hydrogen-bond acceptors (Lipinski definition) is 2. The van der Waals surface area contributed by atoms with Crippen molar-refractivity contribution in [3.05, 3.63) is 29.6 Å². The third kappa shape index (κ3) is 3.51. The second kappa shape index (κ2) is 6.12. The SMILES string of the molecule is CNC(c1ccc(C)nc1)C1CCCC(C(F)(F)F)C1. The highest BCUT2D eigenvalue weighted by Gasteiger charge is 2.43. The Morgan fingerprint density at radius 1 is 1.30 bits per heavy atom. The van der Waals surface area contributed by atoms with Crippen molar-refractivity contribution in [1.82, 2.24) is 10.3 Å². The maximum Gasteiger partial charge on any atom is 0.391 e. The molecule has 0 amide bonds. The average Bonchev–Trinajstić information content (AvgIpc) is 2.41. The minimum atomic E-state index is -4.07. The molecular weight excluding hydrogens is 265 g/mol. The maximum atomic E-state index is 12.9. The lowest BCUT2D eigenvalue weighted by molar-refractivity contribution is -0.186. The minimum absolute atomic E-state index is 0.0184. The van der Waals surface area contributed by atoms with Gasteiger partial charge in [0.15, 0.2) is 0 Å². The van der Waals surface area contributed by atoms with Gasteiger partial charge in [-0.2, -0.15) is 13.2 Å². The molecule has 1 fully saturated rings. The van der Waals surface area contributed by atoms with E-state index in [1.54, 1.807) is 6.20 Å². The molecule has 1 aromatic heterocycles. The van der Waals surface area contributed by atoms with E-state index in [9.17, 15) is 13.2 Å². The molecule has 0 radical (unpaired) electrons. The molecule has 3 unspecified atom stereocenters. The van der Waals surface area contributed by atoms with Crippen LogP contribution in [0.1, 0.15) is 43.0 Å². The largest absolute Gasteiger partial charge is 0.391 e. The van der Waals surface area contributed by atoms with Crippen LogP contribution in [0.5, 0.6) is 0 Å². The van der Waals surface area contributed by atoms with Gasteiger partial charge in [-0.25, -0.2) is 0 Å². The van der Waals surface area contributed by atoms with Gasteiger partial charge in [-0.15, -0.1) is 0 Å². The lowest BCUT2D eigenvalue weighted by Crippen LogP contribution is -2.34. The summed E-state index contributed by atoms with van der Waals surface area (Å²) >= 11 is 0. The summed E-state index contributed by atoms with van der Waals surface area (Å²) in [4.78, 5) is 4.25. The predicted octanol–water partition coefficient (Wildman–Crippen LogP) is 4.02. The zero-order valence-corrected chi connectivity index (χ0v) is 11.9. The van der Waals surface area contributed by atoms with Gasteiger partial charge in [-0.3, -0.25) is 4.98 Å². The average molecular weight is 286 g/mol. The highest BCUT2D eigenvalue weighted by atomic mass is 19.4. The Morgan fingerprint density at radius 2 is 2.05 bits per heavy atom. The van der Waals surface area contributed by atoms with Crippen molar-refractivity contribution in [2.45, 2.75) is 44.8 Å². The van der Waals surface area contributed by atoms with Gasteiger partial charge in [-0.1, -0.05) is 12.5 Å². The summed E-state index contributed by atoms with van der Waals surface area (Å²) in [6, 6.07) is 3.82. The Morgan fingerprint density at radius 3 is 2.60 bits per heavy atom. The van der Waals surface area contributed by atoms with Crippen molar-refractivity contribution in [3.8, 4) is 0 Å². The number of halogens is 3. The van der Waals surface area contributed by atoms with E-state index in [1.165, 1.54) is 0 Å². The molecular formula is C15H21F3N2. The topological polar surface area (TPSA) is 24.9 Å². The zero-order valence-electron chi connectivity index (χ0n) is 11.9. The molecule has 1 aromatic rings. The Labute approximate surface area is 117 Å².